The van der Waals surface area contributed by atoms with E-state index in [1.54, 1.807) is 0 Å². The van der Waals surface area contributed by atoms with Gasteiger partial charge < -0.3 is 4.98 Å². The molecule has 1 unspecified atom stereocenters. The normalized spacial score (nSPS) is 20.4. The highest BCUT2D eigenvalue weighted by atomic mass is 16.1. The van der Waals surface area contributed by atoms with Gasteiger partial charge in [0.05, 0.1) is 0 Å². The molecule has 3 heteroatoms. The van der Waals surface area contributed by atoms with Gasteiger partial charge in [-0.3, -0.25) is 9.69 Å². The predicted molar refractivity (Wildman–Crippen MR) is 83.0 cm³/mol. The Balaban J connectivity index is 1.97. The zero-order chi connectivity index (χ0) is 14.1. The van der Waals surface area contributed by atoms with E-state index >= 15 is 0 Å². The van der Waals surface area contributed by atoms with Crippen LogP contribution in [0, 0.1) is 12.8 Å². The summed E-state index contributed by atoms with van der Waals surface area (Å²) in [7, 11) is 0. The van der Waals surface area contributed by atoms with Crippen LogP contribution in [-0.2, 0) is 6.54 Å². The minimum atomic E-state index is 0.190. The Morgan fingerprint density at radius 3 is 2.95 bits per heavy atom. The van der Waals surface area contributed by atoms with Crippen molar-refractivity contribution in [2.45, 2.75) is 33.2 Å². The maximum absolute atomic E-state index is 12.7. The predicted octanol–water partition coefficient (Wildman–Crippen LogP) is 3.07. The summed E-state index contributed by atoms with van der Waals surface area (Å²) >= 11 is 0. The first-order valence-electron chi connectivity index (χ1n) is 7.48. The molecule has 2 aromatic rings. The number of hydrogen-bond donors (Lipinski definition) is 1. The summed E-state index contributed by atoms with van der Waals surface area (Å²) in [5.41, 5.74) is 3.06. The summed E-state index contributed by atoms with van der Waals surface area (Å²) < 4.78 is 0. The van der Waals surface area contributed by atoms with Crippen LogP contribution in [0.25, 0.3) is 10.9 Å². The fraction of sp³-hybridized carbons (Fsp3) is 0.471. The second-order valence-electron chi connectivity index (χ2n) is 6.09. The van der Waals surface area contributed by atoms with Crippen LogP contribution in [0.2, 0.25) is 0 Å². The van der Waals surface area contributed by atoms with Crippen molar-refractivity contribution in [2.24, 2.45) is 5.92 Å². The number of piperidine rings is 1. The molecule has 1 fully saturated rings. The van der Waals surface area contributed by atoms with E-state index in [0.29, 0.717) is 0 Å². The fourth-order valence-electron chi connectivity index (χ4n) is 3.24. The second-order valence-corrected chi connectivity index (χ2v) is 6.09. The van der Waals surface area contributed by atoms with Gasteiger partial charge in [0.25, 0.3) is 0 Å². The molecular weight excluding hydrogens is 248 g/mol. The molecule has 1 aliphatic rings. The van der Waals surface area contributed by atoms with E-state index in [2.05, 4.69) is 16.8 Å². The van der Waals surface area contributed by atoms with E-state index in [0.717, 1.165) is 47.7 Å². The van der Waals surface area contributed by atoms with E-state index in [4.69, 9.17) is 0 Å². The summed E-state index contributed by atoms with van der Waals surface area (Å²) in [5.74, 6) is 0.739. The Morgan fingerprint density at radius 2 is 2.15 bits per heavy atom. The zero-order valence-electron chi connectivity index (χ0n) is 12.3. The van der Waals surface area contributed by atoms with Gasteiger partial charge in [0, 0.05) is 35.2 Å². The number of aromatic nitrogens is 1. The van der Waals surface area contributed by atoms with Crippen LogP contribution in [-0.4, -0.2) is 23.0 Å². The van der Waals surface area contributed by atoms with Crippen molar-refractivity contribution >= 4 is 10.9 Å². The van der Waals surface area contributed by atoms with Crippen LogP contribution < -0.4 is 5.43 Å². The Bertz CT molecular complexity index is 674. The van der Waals surface area contributed by atoms with E-state index in [9.17, 15) is 4.79 Å². The number of fused-ring (bicyclic) bond motifs is 1. The van der Waals surface area contributed by atoms with Gasteiger partial charge in [-0.25, -0.2) is 0 Å². The molecule has 0 spiro atoms. The molecular formula is C17H22N2O. The number of likely N-dealkylation sites (tertiary alicyclic amines) is 1. The molecule has 0 amide bonds. The van der Waals surface area contributed by atoms with E-state index in [-0.39, 0.29) is 5.43 Å². The second kappa shape index (κ2) is 5.41. The third-order valence-corrected chi connectivity index (χ3v) is 4.34. The molecule has 1 aliphatic heterocycles. The molecule has 20 heavy (non-hydrogen) atoms. The first kappa shape index (κ1) is 13.4. The van der Waals surface area contributed by atoms with Crippen molar-refractivity contribution in [3.8, 4) is 0 Å². The molecule has 3 nitrogen and oxygen atoms in total. The van der Waals surface area contributed by atoms with Crippen molar-refractivity contribution in [3.05, 3.63) is 45.7 Å². The number of nitrogens with zero attached hydrogens (tertiary/aromatic N) is 1. The van der Waals surface area contributed by atoms with Crippen molar-refractivity contribution in [1.29, 1.82) is 0 Å². The lowest BCUT2D eigenvalue weighted by molar-refractivity contribution is 0.176. The lowest BCUT2D eigenvalue weighted by Gasteiger charge is -2.31. The first-order chi connectivity index (χ1) is 9.65. The van der Waals surface area contributed by atoms with Crippen LogP contribution in [0.5, 0.6) is 0 Å². The average molecular weight is 270 g/mol. The van der Waals surface area contributed by atoms with Gasteiger partial charge in [-0.15, -0.1) is 0 Å². The average Bonchev–Trinajstić information content (AvgIpc) is 2.43. The molecule has 1 N–H and O–H groups in total. The van der Waals surface area contributed by atoms with Crippen molar-refractivity contribution in [1.82, 2.24) is 9.88 Å². The highest BCUT2D eigenvalue weighted by Crippen LogP contribution is 2.18. The van der Waals surface area contributed by atoms with Crippen molar-refractivity contribution in [2.75, 3.05) is 13.1 Å². The molecule has 0 radical (unpaired) electrons. The maximum atomic E-state index is 12.7. The Labute approximate surface area is 119 Å². The maximum Gasteiger partial charge on any atom is 0.194 e. The number of benzene rings is 1. The minimum Gasteiger partial charge on any atom is -0.358 e. The van der Waals surface area contributed by atoms with Gasteiger partial charge in [0.2, 0.25) is 0 Å². The molecule has 0 bridgehead atoms. The molecule has 1 aromatic heterocycles. The molecule has 1 aromatic carbocycles. The largest absolute Gasteiger partial charge is 0.358 e. The SMILES string of the molecule is Cc1[nH]c2ccccc2c(=O)c1CN1CCCC(C)C1. The van der Waals surface area contributed by atoms with E-state index in [1.165, 1.54) is 12.8 Å². The zero-order valence-corrected chi connectivity index (χ0v) is 12.3. The molecule has 106 valence electrons. The topological polar surface area (TPSA) is 36.1 Å². The van der Waals surface area contributed by atoms with Crippen LogP contribution >= 0.6 is 0 Å². The van der Waals surface area contributed by atoms with Crippen molar-refractivity contribution in [3.63, 3.8) is 0 Å². The standard InChI is InChI=1S/C17H22N2O/c1-12-6-5-9-19(10-12)11-15-13(2)18-16-8-4-3-7-14(16)17(15)20/h3-4,7-8,12H,5-6,9-11H2,1-2H3,(H,18,20). The van der Waals surface area contributed by atoms with Gasteiger partial charge in [0.1, 0.15) is 0 Å². The Kier molecular flexibility index (Phi) is 3.62. The summed E-state index contributed by atoms with van der Waals surface area (Å²) in [6, 6.07) is 7.77. The summed E-state index contributed by atoms with van der Waals surface area (Å²) in [4.78, 5) is 18.4. The fourth-order valence-corrected chi connectivity index (χ4v) is 3.24. The van der Waals surface area contributed by atoms with Gasteiger partial charge in [-0.1, -0.05) is 19.1 Å². The number of H-pyrrole nitrogens is 1. The number of pyridine rings is 1. The minimum absolute atomic E-state index is 0.190. The Hall–Kier alpha value is -1.61. The number of aryl methyl sites for hydroxylation is 1. The summed E-state index contributed by atoms with van der Waals surface area (Å²) in [5, 5.41) is 0.804. The third kappa shape index (κ3) is 2.50. The van der Waals surface area contributed by atoms with Crippen molar-refractivity contribution < 1.29 is 0 Å². The molecule has 3 rings (SSSR count). The number of hydrogen-bond acceptors (Lipinski definition) is 2. The van der Waals surface area contributed by atoms with Gasteiger partial charge >= 0.3 is 0 Å². The van der Waals surface area contributed by atoms with Crippen LogP contribution in [0.4, 0.5) is 0 Å². The molecule has 0 aliphatic carbocycles. The number of aromatic amines is 1. The third-order valence-electron chi connectivity index (χ3n) is 4.34. The van der Waals surface area contributed by atoms with Gasteiger partial charge in [-0.05, 0) is 44.4 Å². The Morgan fingerprint density at radius 1 is 1.35 bits per heavy atom. The van der Waals surface area contributed by atoms with Crippen LogP contribution in [0.15, 0.2) is 29.1 Å². The molecule has 1 atom stereocenters. The number of para-hydroxylation sites is 1. The number of nitrogens with one attached hydrogen (secondary N) is 1. The molecule has 1 saturated heterocycles. The summed E-state index contributed by atoms with van der Waals surface area (Å²) in [6.45, 7) is 7.29. The first-order valence-corrected chi connectivity index (χ1v) is 7.48. The summed E-state index contributed by atoms with van der Waals surface area (Å²) in [6.07, 6.45) is 2.55. The number of rotatable bonds is 2. The lowest BCUT2D eigenvalue weighted by atomic mass is 9.99. The highest BCUT2D eigenvalue weighted by molar-refractivity contribution is 5.79. The molecule has 2 heterocycles. The lowest BCUT2D eigenvalue weighted by Crippen LogP contribution is -2.35. The van der Waals surface area contributed by atoms with Crippen LogP contribution in [0.1, 0.15) is 31.0 Å². The van der Waals surface area contributed by atoms with E-state index < -0.39 is 0 Å². The smallest absolute Gasteiger partial charge is 0.194 e. The van der Waals surface area contributed by atoms with E-state index in [1.807, 2.05) is 31.2 Å². The highest BCUT2D eigenvalue weighted by Gasteiger charge is 2.19. The van der Waals surface area contributed by atoms with Gasteiger partial charge in [0.15, 0.2) is 5.43 Å². The monoisotopic (exact) mass is 270 g/mol. The molecule has 0 saturated carbocycles. The van der Waals surface area contributed by atoms with Gasteiger partial charge in [-0.2, -0.15) is 0 Å². The van der Waals surface area contributed by atoms with Crippen LogP contribution in [0.3, 0.4) is 0 Å². The quantitative estimate of drug-likeness (QED) is 0.910.